The minimum atomic E-state index is -3.87. The highest BCUT2D eigenvalue weighted by atomic mass is 19.3. The fourth-order valence-corrected chi connectivity index (χ4v) is 2.81. The summed E-state index contributed by atoms with van der Waals surface area (Å²) in [6.45, 7) is -0.878. The van der Waals surface area contributed by atoms with Crippen LogP contribution in [0.3, 0.4) is 0 Å². The molecule has 3 rings (SSSR count). The van der Waals surface area contributed by atoms with Crippen LogP contribution in [0.4, 0.5) is 14.6 Å². The predicted molar refractivity (Wildman–Crippen MR) is 94.0 cm³/mol. The van der Waals surface area contributed by atoms with Crippen molar-refractivity contribution < 1.29 is 38.1 Å². The minimum absolute atomic E-state index is 0.158. The number of hydrogen-bond donors (Lipinski definition) is 3. The zero-order chi connectivity index (χ0) is 22.1. The molecule has 2 aromatic heterocycles. The first-order valence-corrected chi connectivity index (χ1v) is 8.46. The SMILES string of the molecule is COC(=O)c1ncccc1C(=O)Nc1ccn([C@@H]2O[C@H](CO)[C@@H](O)C2(F)F)c(=O)n1. The van der Waals surface area contributed by atoms with E-state index in [-0.39, 0.29) is 17.1 Å². The van der Waals surface area contributed by atoms with Crippen molar-refractivity contribution in [2.75, 3.05) is 19.0 Å². The maximum atomic E-state index is 14.2. The van der Waals surface area contributed by atoms with Crippen LogP contribution < -0.4 is 11.0 Å². The molecule has 3 N–H and O–H groups in total. The van der Waals surface area contributed by atoms with E-state index in [0.717, 1.165) is 19.4 Å². The van der Waals surface area contributed by atoms with Crippen molar-refractivity contribution >= 4 is 17.7 Å². The molecule has 160 valence electrons. The van der Waals surface area contributed by atoms with Crippen LogP contribution in [0.1, 0.15) is 27.1 Å². The number of halogens is 2. The Hall–Kier alpha value is -3.29. The van der Waals surface area contributed by atoms with E-state index < -0.39 is 48.5 Å². The molecule has 1 aliphatic rings. The zero-order valence-corrected chi connectivity index (χ0v) is 15.4. The number of pyridine rings is 1. The second-order valence-electron chi connectivity index (χ2n) is 6.18. The normalized spacial score (nSPS) is 22.5. The molecular weight excluding hydrogens is 410 g/mol. The second kappa shape index (κ2) is 8.22. The summed E-state index contributed by atoms with van der Waals surface area (Å²) >= 11 is 0. The quantitative estimate of drug-likeness (QED) is 0.540. The van der Waals surface area contributed by atoms with Crippen LogP contribution in [0, 0.1) is 0 Å². The number of methoxy groups -OCH3 is 1. The van der Waals surface area contributed by atoms with E-state index in [4.69, 9.17) is 9.84 Å². The molecule has 3 atom stereocenters. The van der Waals surface area contributed by atoms with Crippen molar-refractivity contribution in [3.8, 4) is 0 Å². The van der Waals surface area contributed by atoms with E-state index >= 15 is 0 Å². The average molecular weight is 426 g/mol. The van der Waals surface area contributed by atoms with Crippen LogP contribution in [-0.2, 0) is 9.47 Å². The number of hydrogen-bond acceptors (Lipinski definition) is 9. The molecule has 13 heteroatoms. The van der Waals surface area contributed by atoms with Gasteiger partial charge >= 0.3 is 17.6 Å². The lowest BCUT2D eigenvalue weighted by molar-refractivity contribution is -0.140. The Kier molecular flexibility index (Phi) is 5.87. The van der Waals surface area contributed by atoms with Crippen molar-refractivity contribution in [2.24, 2.45) is 0 Å². The fourth-order valence-electron chi connectivity index (χ4n) is 2.81. The average Bonchev–Trinajstić information content (AvgIpc) is 2.96. The van der Waals surface area contributed by atoms with Crippen molar-refractivity contribution in [1.82, 2.24) is 14.5 Å². The lowest BCUT2D eigenvalue weighted by Gasteiger charge is -2.21. The van der Waals surface area contributed by atoms with Gasteiger partial charge in [0, 0.05) is 12.4 Å². The summed E-state index contributed by atoms with van der Waals surface area (Å²) < 4.78 is 38.2. The van der Waals surface area contributed by atoms with Gasteiger partial charge in [-0.2, -0.15) is 13.8 Å². The van der Waals surface area contributed by atoms with Gasteiger partial charge in [-0.25, -0.2) is 14.6 Å². The largest absolute Gasteiger partial charge is 0.464 e. The maximum absolute atomic E-state index is 14.2. The molecule has 1 aliphatic heterocycles. The number of carbonyl (C=O) groups is 2. The maximum Gasteiger partial charge on any atom is 0.357 e. The standard InChI is InChI=1S/C17H16F2N4O7/c1-29-14(27)11-8(3-2-5-20-11)13(26)21-10-4-6-23(16(28)22-10)15-17(18,19)12(25)9(7-24)30-15/h2-6,9,12,15,24-25H,7H2,1H3,(H,21,22,26,28)/t9-,12-,15-/m1/s1. The molecular formula is C17H16F2N4O7. The van der Waals surface area contributed by atoms with Crippen LogP contribution in [0.5, 0.6) is 0 Å². The van der Waals surface area contributed by atoms with Crippen LogP contribution in [0.2, 0.25) is 0 Å². The number of nitrogens with one attached hydrogen (secondary N) is 1. The fraction of sp³-hybridized carbons (Fsp3) is 0.353. The molecule has 0 bridgehead atoms. The van der Waals surface area contributed by atoms with Gasteiger partial charge in [-0.1, -0.05) is 0 Å². The molecule has 0 aliphatic carbocycles. The lowest BCUT2D eigenvalue weighted by atomic mass is 10.1. The van der Waals surface area contributed by atoms with Gasteiger partial charge in [0.1, 0.15) is 11.9 Å². The Morgan fingerprint density at radius 3 is 2.73 bits per heavy atom. The monoisotopic (exact) mass is 426 g/mol. The van der Waals surface area contributed by atoms with Crippen molar-refractivity contribution in [3.63, 3.8) is 0 Å². The number of nitrogens with zero attached hydrogens (tertiary/aromatic N) is 3. The van der Waals surface area contributed by atoms with Crippen LogP contribution in [-0.4, -0.2) is 68.5 Å². The van der Waals surface area contributed by atoms with Gasteiger partial charge in [0.25, 0.3) is 5.91 Å². The van der Waals surface area contributed by atoms with E-state index in [9.17, 15) is 28.3 Å². The molecule has 2 aromatic rings. The van der Waals surface area contributed by atoms with Gasteiger partial charge < -0.3 is 25.0 Å². The first-order chi connectivity index (χ1) is 14.2. The number of esters is 1. The third-order valence-electron chi connectivity index (χ3n) is 4.31. The second-order valence-corrected chi connectivity index (χ2v) is 6.18. The van der Waals surface area contributed by atoms with Crippen LogP contribution in [0.15, 0.2) is 35.4 Å². The summed E-state index contributed by atoms with van der Waals surface area (Å²) in [5, 5.41) is 20.8. The lowest BCUT2D eigenvalue weighted by Crippen LogP contribution is -2.41. The molecule has 3 heterocycles. The summed E-state index contributed by atoms with van der Waals surface area (Å²) in [6.07, 6.45) is -3.93. The Bertz CT molecular complexity index is 1030. The Balaban J connectivity index is 1.85. The van der Waals surface area contributed by atoms with Crippen molar-refractivity contribution in [2.45, 2.75) is 24.4 Å². The molecule has 0 spiro atoms. The van der Waals surface area contributed by atoms with Gasteiger partial charge in [-0.3, -0.25) is 9.36 Å². The van der Waals surface area contributed by atoms with Gasteiger partial charge in [0.15, 0.2) is 11.8 Å². The molecule has 0 radical (unpaired) electrons. The third-order valence-corrected chi connectivity index (χ3v) is 4.31. The van der Waals surface area contributed by atoms with E-state index in [1.54, 1.807) is 0 Å². The van der Waals surface area contributed by atoms with Gasteiger partial charge in [-0.05, 0) is 18.2 Å². The number of aliphatic hydroxyl groups excluding tert-OH is 2. The molecule has 0 saturated carbocycles. The predicted octanol–water partition coefficient (Wildman–Crippen LogP) is -0.437. The topological polar surface area (TPSA) is 153 Å². The highest BCUT2D eigenvalue weighted by Crippen LogP contribution is 2.41. The van der Waals surface area contributed by atoms with Crippen molar-refractivity contribution in [1.29, 1.82) is 0 Å². The Morgan fingerprint density at radius 2 is 2.13 bits per heavy atom. The summed E-state index contributed by atoms with van der Waals surface area (Å²) in [7, 11) is 1.11. The minimum Gasteiger partial charge on any atom is -0.464 e. The van der Waals surface area contributed by atoms with E-state index in [2.05, 4.69) is 20.0 Å². The summed E-state index contributed by atoms with van der Waals surface area (Å²) in [6, 6.07) is 3.74. The van der Waals surface area contributed by atoms with Gasteiger partial charge in [0.05, 0.1) is 19.3 Å². The molecule has 1 fully saturated rings. The molecule has 30 heavy (non-hydrogen) atoms. The number of carbonyl (C=O) groups excluding carboxylic acids is 2. The molecule has 11 nitrogen and oxygen atoms in total. The first kappa shape index (κ1) is 21.4. The van der Waals surface area contributed by atoms with E-state index in [0.29, 0.717) is 4.57 Å². The number of aromatic nitrogens is 3. The number of ether oxygens (including phenoxy) is 2. The number of amides is 1. The number of aliphatic hydroxyl groups is 2. The smallest absolute Gasteiger partial charge is 0.357 e. The van der Waals surface area contributed by atoms with Crippen LogP contribution >= 0.6 is 0 Å². The molecule has 0 aromatic carbocycles. The van der Waals surface area contributed by atoms with Crippen LogP contribution in [0.25, 0.3) is 0 Å². The van der Waals surface area contributed by atoms with E-state index in [1.807, 2.05) is 0 Å². The summed E-state index contributed by atoms with van der Waals surface area (Å²) in [5.74, 6) is -5.86. The first-order valence-electron chi connectivity index (χ1n) is 8.46. The Morgan fingerprint density at radius 1 is 1.40 bits per heavy atom. The van der Waals surface area contributed by atoms with Crippen molar-refractivity contribution in [3.05, 3.63) is 52.3 Å². The highest BCUT2D eigenvalue weighted by molar-refractivity contribution is 6.09. The third kappa shape index (κ3) is 3.77. The molecule has 0 unspecified atom stereocenters. The number of rotatable bonds is 5. The molecule has 1 saturated heterocycles. The molecule has 1 amide bonds. The zero-order valence-electron chi connectivity index (χ0n) is 15.4. The van der Waals surface area contributed by atoms with Gasteiger partial charge in [-0.15, -0.1) is 0 Å². The number of anilines is 1. The Labute approximate surface area is 166 Å². The summed E-state index contributed by atoms with van der Waals surface area (Å²) in [4.78, 5) is 43.6. The highest BCUT2D eigenvalue weighted by Gasteiger charge is 2.59. The van der Waals surface area contributed by atoms with E-state index in [1.165, 1.54) is 18.3 Å². The summed E-state index contributed by atoms with van der Waals surface area (Å²) in [5.41, 5.74) is -1.63. The van der Waals surface area contributed by atoms with Gasteiger partial charge in [0.2, 0.25) is 6.23 Å². The number of alkyl halides is 2.